The monoisotopic (exact) mass is 345 g/mol. The van der Waals surface area contributed by atoms with Crippen molar-refractivity contribution in [3.05, 3.63) is 64.1 Å². The Balaban J connectivity index is 2.12. The van der Waals surface area contributed by atoms with Crippen LogP contribution in [0.5, 0.6) is 0 Å². The van der Waals surface area contributed by atoms with Crippen molar-refractivity contribution in [3.63, 3.8) is 0 Å². The number of halogens is 1. The van der Waals surface area contributed by atoms with Crippen molar-refractivity contribution in [1.82, 2.24) is 0 Å². The van der Waals surface area contributed by atoms with Crippen molar-refractivity contribution in [2.24, 2.45) is 0 Å². The third-order valence-corrected chi connectivity index (χ3v) is 4.29. The number of carbonyl (C=O) groups is 2. The molecule has 2 aromatic rings. The lowest BCUT2D eigenvalue weighted by molar-refractivity contribution is -0.138. The molecule has 106 valence electrons. The molecular weight excluding hydrogens is 334 g/mol. The number of rotatable bonds is 2. The van der Waals surface area contributed by atoms with Crippen molar-refractivity contribution < 1.29 is 14.7 Å². The molecule has 1 heterocycles. The maximum absolute atomic E-state index is 12.6. The van der Waals surface area contributed by atoms with Crippen LogP contribution in [0.3, 0.4) is 0 Å². The van der Waals surface area contributed by atoms with Gasteiger partial charge in [0.05, 0.1) is 5.69 Å². The second kappa shape index (κ2) is 5.33. The fraction of sp³-hybridized carbons (Fsp3) is 0.125. The average Bonchev–Trinajstić information content (AvgIpc) is 2.48. The molecule has 0 saturated carbocycles. The minimum absolute atomic E-state index is 0.133. The molecule has 1 aliphatic heterocycles. The van der Waals surface area contributed by atoms with E-state index in [1.54, 1.807) is 30.3 Å². The quantitative estimate of drug-likeness (QED) is 0.908. The third-order valence-electron chi connectivity index (χ3n) is 3.62. The molecule has 0 fully saturated rings. The molecule has 2 aromatic carbocycles. The van der Waals surface area contributed by atoms with Gasteiger partial charge in [0.15, 0.2) is 0 Å². The topological polar surface area (TPSA) is 57.6 Å². The predicted octanol–water partition coefficient (Wildman–Crippen LogP) is 3.28. The predicted molar refractivity (Wildman–Crippen MR) is 82.6 cm³/mol. The normalized spacial score (nSPS) is 17.5. The van der Waals surface area contributed by atoms with E-state index in [2.05, 4.69) is 15.9 Å². The van der Waals surface area contributed by atoms with Crippen molar-refractivity contribution >= 4 is 33.5 Å². The Bertz CT molecular complexity index is 729. The second-order valence-electron chi connectivity index (χ2n) is 4.85. The molecule has 4 nitrogen and oxygen atoms in total. The summed E-state index contributed by atoms with van der Waals surface area (Å²) >= 11 is 3.41. The fourth-order valence-corrected chi connectivity index (χ4v) is 3.09. The Kier molecular flexibility index (Phi) is 3.51. The number of nitrogens with zero attached hydrogens (tertiary/aromatic N) is 1. The molecule has 1 aliphatic rings. The summed E-state index contributed by atoms with van der Waals surface area (Å²) in [6.07, 6.45) is 0. The van der Waals surface area contributed by atoms with E-state index >= 15 is 0 Å². The number of para-hydroxylation sites is 1. The van der Waals surface area contributed by atoms with E-state index in [9.17, 15) is 14.7 Å². The molecule has 1 N–H and O–H groups in total. The first-order valence-electron chi connectivity index (χ1n) is 6.47. The summed E-state index contributed by atoms with van der Waals surface area (Å²) in [5.41, 5.74) is 1.72. The molecular formula is C16H12BrNO3. The molecule has 1 atom stereocenters. The average molecular weight is 346 g/mol. The Labute approximate surface area is 130 Å². The highest BCUT2D eigenvalue weighted by atomic mass is 79.9. The van der Waals surface area contributed by atoms with Crippen molar-refractivity contribution in [2.45, 2.75) is 5.92 Å². The van der Waals surface area contributed by atoms with Gasteiger partial charge >= 0.3 is 5.97 Å². The van der Waals surface area contributed by atoms with Crippen LogP contribution in [0.25, 0.3) is 0 Å². The molecule has 0 saturated heterocycles. The van der Waals surface area contributed by atoms with Crippen molar-refractivity contribution in [3.8, 4) is 0 Å². The summed E-state index contributed by atoms with van der Waals surface area (Å²) in [7, 11) is 0. The Hall–Kier alpha value is -2.14. The zero-order chi connectivity index (χ0) is 15.0. The van der Waals surface area contributed by atoms with Crippen LogP contribution < -0.4 is 4.90 Å². The summed E-state index contributed by atoms with van der Waals surface area (Å²) in [4.78, 5) is 25.7. The number of carboxylic acids is 1. The lowest BCUT2D eigenvalue weighted by atomic mass is 9.89. The molecule has 0 bridgehead atoms. The first-order chi connectivity index (χ1) is 10.1. The molecule has 0 aromatic heterocycles. The molecule has 0 aliphatic carbocycles. The Morgan fingerprint density at radius 1 is 1.14 bits per heavy atom. The number of hydrogen-bond acceptors (Lipinski definition) is 2. The van der Waals surface area contributed by atoms with Crippen LogP contribution in [0.15, 0.2) is 53.0 Å². The molecule has 1 amide bonds. The number of benzene rings is 2. The second-order valence-corrected chi connectivity index (χ2v) is 5.70. The molecule has 1 unspecified atom stereocenters. The van der Waals surface area contributed by atoms with Gasteiger partial charge in [-0.1, -0.05) is 30.3 Å². The van der Waals surface area contributed by atoms with E-state index in [1.807, 2.05) is 18.2 Å². The number of amides is 1. The Morgan fingerprint density at radius 2 is 1.81 bits per heavy atom. The van der Waals surface area contributed by atoms with Gasteiger partial charge in [-0.15, -0.1) is 0 Å². The molecule has 5 heteroatoms. The fourth-order valence-electron chi connectivity index (χ4n) is 2.59. The van der Waals surface area contributed by atoms with E-state index < -0.39 is 11.9 Å². The lowest BCUT2D eigenvalue weighted by Crippen LogP contribution is -2.42. The summed E-state index contributed by atoms with van der Waals surface area (Å²) in [6.45, 7) is 0.133. The number of aliphatic carboxylic acids is 1. The van der Waals surface area contributed by atoms with Crippen LogP contribution in [0.1, 0.15) is 21.8 Å². The first-order valence-corrected chi connectivity index (χ1v) is 7.27. The van der Waals surface area contributed by atoms with Crippen LogP contribution in [0.2, 0.25) is 0 Å². The van der Waals surface area contributed by atoms with Gasteiger partial charge in [-0.05, 0) is 39.7 Å². The number of hydrogen-bond donors (Lipinski definition) is 1. The first kappa shape index (κ1) is 13.8. The maximum atomic E-state index is 12.6. The molecule has 0 spiro atoms. The zero-order valence-electron chi connectivity index (χ0n) is 11.0. The minimum atomic E-state index is -0.924. The van der Waals surface area contributed by atoms with Crippen LogP contribution in [-0.2, 0) is 4.79 Å². The smallest absolute Gasteiger partial charge is 0.312 e. The lowest BCUT2D eigenvalue weighted by Gasteiger charge is -2.33. The minimum Gasteiger partial charge on any atom is -0.481 e. The van der Waals surface area contributed by atoms with Gasteiger partial charge in [0.2, 0.25) is 0 Å². The van der Waals surface area contributed by atoms with E-state index in [0.29, 0.717) is 16.8 Å². The van der Waals surface area contributed by atoms with Gasteiger partial charge in [-0.2, -0.15) is 0 Å². The standard InChI is InChI=1S/C16H12BrNO3/c17-13-7-3-4-8-14(13)18-9-12(16(20)21)10-5-1-2-6-11(10)15(18)19/h1-8,12H,9H2,(H,20,21). The highest BCUT2D eigenvalue weighted by Gasteiger charge is 2.36. The van der Waals surface area contributed by atoms with E-state index in [0.717, 1.165) is 4.47 Å². The highest BCUT2D eigenvalue weighted by molar-refractivity contribution is 9.10. The number of anilines is 1. The SMILES string of the molecule is O=C(O)C1CN(c2ccccc2Br)C(=O)c2ccccc21. The van der Waals surface area contributed by atoms with E-state index in [-0.39, 0.29) is 12.5 Å². The summed E-state index contributed by atoms with van der Waals surface area (Å²) < 4.78 is 0.766. The molecule has 0 radical (unpaired) electrons. The van der Waals surface area contributed by atoms with Crippen molar-refractivity contribution in [2.75, 3.05) is 11.4 Å². The van der Waals surface area contributed by atoms with E-state index in [1.165, 1.54) is 4.90 Å². The molecule has 21 heavy (non-hydrogen) atoms. The van der Waals surface area contributed by atoms with Crippen LogP contribution >= 0.6 is 15.9 Å². The number of carbonyl (C=O) groups excluding carboxylic acids is 1. The maximum Gasteiger partial charge on any atom is 0.312 e. The zero-order valence-corrected chi connectivity index (χ0v) is 12.6. The molecule has 3 rings (SSSR count). The van der Waals surface area contributed by atoms with Gasteiger partial charge in [-0.25, -0.2) is 0 Å². The van der Waals surface area contributed by atoms with Gasteiger partial charge in [0, 0.05) is 16.6 Å². The summed E-state index contributed by atoms with van der Waals surface area (Å²) in [5, 5.41) is 9.46. The summed E-state index contributed by atoms with van der Waals surface area (Å²) in [6, 6.07) is 14.2. The van der Waals surface area contributed by atoms with E-state index in [4.69, 9.17) is 0 Å². The van der Waals surface area contributed by atoms with Crippen molar-refractivity contribution in [1.29, 1.82) is 0 Å². The largest absolute Gasteiger partial charge is 0.481 e. The van der Waals surface area contributed by atoms with Gasteiger partial charge in [0.1, 0.15) is 5.92 Å². The highest BCUT2D eigenvalue weighted by Crippen LogP contribution is 2.34. The van der Waals surface area contributed by atoms with Crippen LogP contribution in [0.4, 0.5) is 5.69 Å². The third kappa shape index (κ3) is 2.34. The van der Waals surface area contributed by atoms with Gasteiger partial charge < -0.3 is 10.0 Å². The van der Waals surface area contributed by atoms with Crippen LogP contribution in [-0.4, -0.2) is 23.5 Å². The van der Waals surface area contributed by atoms with Gasteiger partial charge in [-0.3, -0.25) is 9.59 Å². The number of carboxylic acid groups (broad SMARTS) is 1. The number of fused-ring (bicyclic) bond motifs is 1. The Morgan fingerprint density at radius 3 is 2.52 bits per heavy atom. The van der Waals surface area contributed by atoms with Gasteiger partial charge in [0.25, 0.3) is 5.91 Å². The van der Waals surface area contributed by atoms with Crippen LogP contribution in [0, 0.1) is 0 Å². The summed E-state index contributed by atoms with van der Waals surface area (Å²) in [5.74, 6) is -1.81.